The van der Waals surface area contributed by atoms with Crippen LogP contribution < -0.4 is 20.7 Å². The van der Waals surface area contributed by atoms with Gasteiger partial charge < -0.3 is 15.4 Å². The highest BCUT2D eigenvalue weighted by atomic mass is 16.5. The maximum absolute atomic E-state index is 12.8. The highest BCUT2D eigenvalue weighted by Crippen LogP contribution is 2.43. The first kappa shape index (κ1) is 19.4. The van der Waals surface area contributed by atoms with Gasteiger partial charge in [-0.05, 0) is 36.1 Å². The molecule has 0 bridgehead atoms. The molecule has 2 aromatic carbocycles. The SMILES string of the molecule is O=C1NC(=O)C2C(N1)NC1=C(C(=O)CCC1)C2c1ccc(OCc2ccccc2)cc1. The van der Waals surface area contributed by atoms with Crippen molar-refractivity contribution in [3.05, 3.63) is 77.0 Å². The molecule has 5 rings (SSSR count). The quantitative estimate of drug-likeness (QED) is 0.711. The van der Waals surface area contributed by atoms with Crippen molar-refractivity contribution >= 4 is 17.7 Å². The van der Waals surface area contributed by atoms with E-state index in [1.807, 2.05) is 54.6 Å². The van der Waals surface area contributed by atoms with Crippen LogP contribution in [0, 0.1) is 5.92 Å². The number of carbonyl (C=O) groups excluding carboxylic acids is 3. The molecule has 3 aliphatic rings. The van der Waals surface area contributed by atoms with Crippen molar-refractivity contribution in [1.29, 1.82) is 0 Å². The number of fused-ring (bicyclic) bond motifs is 1. The third kappa shape index (κ3) is 3.67. The van der Waals surface area contributed by atoms with Gasteiger partial charge in [0.25, 0.3) is 0 Å². The number of rotatable bonds is 4. The van der Waals surface area contributed by atoms with Crippen LogP contribution in [-0.2, 0) is 16.2 Å². The molecule has 1 saturated heterocycles. The average molecular weight is 417 g/mol. The Hall–Kier alpha value is -3.61. The van der Waals surface area contributed by atoms with Gasteiger partial charge in [0.05, 0.1) is 5.92 Å². The van der Waals surface area contributed by atoms with Gasteiger partial charge >= 0.3 is 6.03 Å². The lowest BCUT2D eigenvalue weighted by Crippen LogP contribution is -2.66. The van der Waals surface area contributed by atoms with Crippen LogP contribution in [0.5, 0.6) is 5.75 Å². The van der Waals surface area contributed by atoms with Crippen LogP contribution in [-0.4, -0.2) is 23.9 Å². The summed E-state index contributed by atoms with van der Waals surface area (Å²) in [5.74, 6) is -0.622. The van der Waals surface area contributed by atoms with E-state index < -0.39 is 24.0 Å². The maximum Gasteiger partial charge on any atom is 0.323 e. The molecule has 0 spiro atoms. The zero-order chi connectivity index (χ0) is 21.4. The van der Waals surface area contributed by atoms with E-state index >= 15 is 0 Å². The van der Waals surface area contributed by atoms with Crippen molar-refractivity contribution in [2.75, 3.05) is 0 Å². The van der Waals surface area contributed by atoms with Crippen LogP contribution in [0.1, 0.15) is 36.3 Å². The molecule has 7 heteroatoms. The minimum Gasteiger partial charge on any atom is -0.489 e. The number of nitrogens with one attached hydrogen (secondary N) is 3. The highest BCUT2D eigenvalue weighted by molar-refractivity contribution is 6.03. The molecule has 158 valence electrons. The number of hydrogen-bond donors (Lipinski definition) is 3. The Balaban J connectivity index is 1.45. The maximum atomic E-state index is 12.8. The van der Waals surface area contributed by atoms with Crippen molar-refractivity contribution in [3.63, 3.8) is 0 Å². The monoisotopic (exact) mass is 417 g/mol. The molecular formula is C24H23N3O4. The van der Waals surface area contributed by atoms with Crippen LogP contribution in [0.25, 0.3) is 0 Å². The molecule has 2 heterocycles. The summed E-state index contributed by atoms with van der Waals surface area (Å²) >= 11 is 0. The van der Waals surface area contributed by atoms with E-state index in [-0.39, 0.29) is 11.7 Å². The number of amides is 3. The lowest BCUT2D eigenvalue weighted by Gasteiger charge is -2.44. The molecule has 3 atom stereocenters. The number of imide groups is 1. The second kappa shape index (κ2) is 7.91. The van der Waals surface area contributed by atoms with Gasteiger partial charge in [0.2, 0.25) is 5.91 Å². The van der Waals surface area contributed by atoms with Crippen LogP contribution in [0.4, 0.5) is 4.79 Å². The molecule has 0 saturated carbocycles. The number of Topliss-reactive ketones (excluding diaryl/α,β-unsaturated/α-hetero) is 1. The van der Waals surface area contributed by atoms with Gasteiger partial charge in [0.1, 0.15) is 18.5 Å². The molecule has 0 radical (unpaired) electrons. The molecule has 2 aromatic rings. The number of ketones is 1. The summed E-state index contributed by atoms with van der Waals surface area (Å²) in [5, 5.41) is 8.38. The topological polar surface area (TPSA) is 96.5 Å². The van der Waals surface area contributed by atoms with Gasteiger partial charge in [-0.25, -0.2) is 4.79 Å². The fourth-order valence-corrected chi connectivity index (χ4v) is 4.71. The summed E-state index contributed by atoms with van der Waals surface area (Å²) in [6, 6.07) is 16.9. The number of hydrogen-bond acceptors (Lipinski definition) is 5. The third-order valence-electron chi connectivity index (χ3n) is 6.13. The third-order valence-corrected chi connectivity index (χ3v) is 6.13. The van der Waals surface area contributed by atoms with Gasteiger partial charge in [-0.3, -0.25) is 14.9 Å². The average Bonchev–Trinajstić information content (AvgIpc) is 2.77. The first-order valence-electron chi connectivity index (χ1n) is 10.5. The second-order valence-electron chi connectivity index (χ2n) is 8.10. The summed E-state index contributed by atoms with van der Waals surface area (Å²) in [4.78, 5) is 37.4. The van der Waals surface area contributed by atoms with Gasteiger partial charge in [-0.1, -0.05) is 42.5 Å². The molecule has 1 fully saturated rings. The molecule has 7 nitrogen and oxygen atoms in total. The summed E-state index contributed by atoms with van der Waals surface area (Å²) in [7, 11) is 0. The van der Waals surface area contributed by atoms with E-state index in [9.17, 15) is 14.4 Å². The van der Waals surface area contributed by atoms with Crippen LogP contribution in [0.3, 0.4) is 0 Å². The summed E-state index contributed by atoms with van der Waals surface area (Å²) in [5.41, 5.74) is 3.43. The Labute approximate surface area is 179 Å². The summed E-state index contributed by atoms with van der Waals surface area (Å²) in [6.07, 6.45) is 1.43. The Kier molecular flexibility index (Phi) is 4.94. The van der Waals surface area contributed by atoms with E-state index in [1.165, 1.54) is 0 Å². The number of benzene rings is 2. The predicted molar refractivity (Wildman–Crippen MR) is 113 cm³/mol. The summed E-state index contributed by atoms with van der Waals surface area (Å²) in [6.45, 7) is 0.459. The van der Waals surface area contributed by atoms with E-state index in [1.54, 1.807) is 0 Å². The Bertz CT molecular complexity index is 1060. The molecule has 3 amide bonds. The largest absolute Gasteiger partial charge is 0.489 e. The van der Waals surface area contributed by atoms with Crippen molar-refractivity contribution < 1.29 is 19.1 Å². The first-order chi connectivity index (χ1) is 15.1. The standard InChI is InChI=1S/C24H23N3O4/c28-18-8-4-7-17-20(18)19(21-22(25-17)26-24(30)27-23(21)29)15-9-11-16(12-10-15)31-13-14-5-2-1-3-6-14/h1-3,5-6,9-12,19,21-22,25H,4,7-8,13H2,(H2,26,27,29,30). The first-order valence-corrected chi connectivity index (χ1v) is 10.5. The van der Waals surface area contributed by atoms with E-state index in [0.29, 0.717) is 24.4 Å². The van der Waals surface area contributed by atoms with Crippen LogP contribution >= 0.6 is 0 Å². The fourth-order valence-electron chi connectivity index (χ4n) is 4.71. The fraction of sp³-hybridized carbons (Fsp3) is 0.292. The van der Waals surface area contributed by atoms with Crippen molar-refractivity contribution in [2.45, 2.75) is 38.0 Å². The lowest BCUT2D eigenvalue weighted by atomic mass is 9.70. The minimum absolute atomic E-state index is 0.0614. The Morgan fingerprint density at radius 1 is 0.903 bits per heavy atom. The van der Waals surface area contributed by atoms with Crippen molar-refractivity contribution in [2.24, 2.45) is 5.92 Å². The van der Waals surface area contributed by atoms with E-state index in [4.69, 9.17) is 4.74 Å². The number of carbonyl (C=O) groups is 3. The number of allylic oxidation sites excluding steroid dienone is 2. The zero-order valence-corrected chi connectivity index (χ0v) is 16.9. The molecule has 1 aliphatic carbocycles. The zero-order valence-electron chi connectivity index (χ0n) is 16.9. The minimum atomic E-state index is -0.602. The molecule has 0 aromatic heterocycles. The highest BCUT2D eigenvalue weighted by Gasteiger charge is 2.48. The predicted octanol–water partition coefficient (Wildman–Crippen LogP) is 2.74. The van der Waals surface area contributed by atoms with Crippen LogP contribution in [0.2, 0.25) is 0 Å². The summed E-state index contributed by atoms with van der Waals surface area (Å²) < 4.78 is 5.88. The van der Waals surface area contributed by atoms with Crippen molar-refractivity contribution in [1.82, 2.24) is 16.0 Å². The molecule has 2 aliphatic heterocycles. The number of urea groups is 1. The van der Waals surface area contributed by atoms with Gasteiger partial charge in [-0.15, -0.1) is 0 Å². The smallest absolute Gasteiger partial charge is 0.323 e. The van der Waals surface area contributed by atoms with Gasteiger partial charge in [-0.2, -0.15) is 0 Å². The van der Waals surface area contributed by atoms with Crippen LogP contribution in [0.15, 0.2) is 65.9 Å². The van der Waals surface area contributed by atoms with Crippen molar-refractivity contribution in [3.8, 4) is 5.75 Å². The molecular weight excluding hydrogens is 394 g/mol. The van der Waals surface area contributed by atoms with E-state index in [2.05, 4.69) is 16.0 Å². The van der Waals surface area contributed by atoms with Gasteiger partial charge in [0.15, 0.2) is 5.78 Å². The second-order valence-corrected chi connectivity index (χ2v) is 8.10. The molecule has 3 N–H and O–H groups in total. The lowest BCUT2D eigenvalue weighted by molar-refractivity contribution is -0.127. The molecule has 3 unspecified atom stereocenters. The Morgan fingerprint density at radius 3 is 2.45 bits per heavy atom. The molecule has 31 heavy (non-hydrogen) atoms. The van der Waals surface area contributed by atoms with Gasteiger partial charge in [0, 0.05) is 23.6 Å². The van der Waals surface area contributed by atoms with E-state index in [0.717, 1.165) is 29.7 Å². The number of ether oxygens (including phenoxy) is 1. The normalized spacial score (nSPS) is 25.0. The Morgan fingerprint density at radius 2 is 1.68 bits per heavy atom.